The third kappa shape index (κ3) is 2.21. The Morgan fingerprint density at radius 1 is 1.22 bits per heavy atom. The standard InChI is InChI=1S/C13H21N3OS/c1-4-13(5-2,17-6-3)12-15-10-8-18-7-9(10)11(14)16-12/h4-8H2,1-3H3,(H2,14,15,16). The fraction of sp³-hybridized carbons (Fsp3) is 0.692. The van der Waals surface area contributed by atoms with E-state index in [1.54, 1.807) is 0 Å². The van der Waals surface area contributed by atoms with Gasteiger partial charge in [0.15, 0.2) is 5.82 Å². The van der Waals surface area contributed by atoms with E-state index >= 15 is 0 Å². The fourth-order valence-electron chi connectivity index (χ4n) is 2.39. The summed E-state index contributed by atoms with van der Waals surface area (Å²) in [6, 6.07) is 0. The van der Waals surface area contributed by atoms with Crippen molar-refractivity contribution in [1.82, 2.24) is 9.97 Å². The van der Waals surface area contributed by atoms with E-state index in [-0.39, 0.29) is 5.60 Å². The number of aromatic nitrogens is 2. The zero-order valence-corrected chi connectivity index (χ0v) is 12.1. The summed E-state index contributed by atoms with van der Waals surface area (Å²) in [6.45, 7) is 6.89. The molecule has 4 nitrogen and oxygen atoms in total. The maximum absolute atomic E-state index is 6.05. The summed E-state index contributed by atoms with van der Waals surface area (Å²) < 4.78 is 5.94. The Morgan fingerprint density at radius 3 is 2.56 bits per heavy atom. The van der Waals surface area contributed by atoms with Crippen LogP contribution in [0.2, 0.25) is 0 Å². The Bertz CT molecular complexity index is 432. The van der Waals surface area contributed by atoms with Crippen LogP contribution in [-0.2, 0) is 21.8 Å². The van der Waals surface area contributed by atoms with Crippen LogP contribution in [0.4, 0.5) is 5.82 Å². The molecule has 0 saturated heterocycles. The minimum absolute atomic E-state index is 0.384. The SMILES string of the molecule is CCOC(CC)(CC)c1nc(N)c2c(n1)CSC2. The summed E-state index contributed by atoms with van der Waals surface area (Å²) in [5.41, 5.74) is 7.87. The van der Waals surface area contributed by atoms with Crippen LogP contribution >= 0.6 is 11.8 Å². The van der Waals surface area contributed by atoms with E-state index in [4.69, 9.17) is 15.5 Å². The summed E-state index contributed by atoms with van der Waals surface area (Å²) >= 11 is 1.84. The molecular formula is C13H21N3OS. The zero-order chi connectivity index (χ0) is 13.2. The molecule has 0 spiro atoms. The van der Waals surface area contributed by atoms with Crippen LogP contribution in [0, 0.1) is 0 Å². The highest BCUT2D eigenvalue weighted by molar-refractivity contribution is 7.98. The molecule has 1 aliphatic rings. The molecule has 2 rings (SSSR count). The number of fused-ring (bicyclic) bond motifs is 1. The molecule has 0 radical (unpaired) electrons. The summed E-state index contributed by atoms with van der Waals surface area (Å²) in [5.74, 6) is 3.26. The molecule has 0 aromatic carbocycles. The van der Waals surface area contributed by atoms with Crippen molar-refractivity contribution >= 4 is 17.6 Å². The first-order valence-electron chi connectivity index (χ1n) is 6.54. The molecule has 1 aromatic rings. The van der Waals surface area contributed by atoms with Crippen molar-refractivity contribution in [3.63, 3.8) is 0 Å². The second-order valence-corrected chi connectivity index (χ2v) is 5.47. The van der Waals surface area contributed by atoms with Crippen molar-refractivity contribution in [2.75, 3.05) is 12.3 Å². The number of ether oxygens (including phenoxy) is 1. The number of nitrogens with zero attached hydrogens (tertiary/aromatic N) is 2. The average Bonchev–Trinajstić information content (AvgIpc) is 2.85. The Labute approximate surface area is 113 Å². The highest BCUT2D eigenvalue weighted by Crippen LogP contribution is 2.36. The van der Waals surface area contributed by atoms with E-state index in [1.807, 2.05) is 18.7 Å². The Kier molecular flexibility index (Phi) is 4.12. The average molecular weight is 267 g/mol. The van der Waals surface area contributed by atoms with Gasteiger partial charge in [0.05, 0.1) is 5.69 Å². The molecule has 0 saturated carbocycles. The molecular weight excluding hydrogens is 246 g/mol. The van der Waals surface area contributed by atoms with Gasteiger partial charge < -0.3 is 10.5 Å². The summed E-state index contributed by atoms with van der Waals surface area (Å²) in [6.07, 6.45) is 1.73. The summed E-state index contributed by atoms with van der Waals surface area (Å²) in [5, 5.41) is 0. The Balaban J connectivity index is 2.45. The van der Waals surface area contributed by atoms with Crippen LogP contribution in [0.3, 0.4) is 0 Å². The number of nitrogens with two attached hydrogens (primary N) is 1. The lowest BCUT2D eigenvalue weighted by Crippen LogP contribution is -2.31. The Hall–Kier alpha value is -0.810. The van der Waals surface area contributed by atoms with Crippen LogP contribution in [0.1, 0.15) is 50.7 Å². The molecule has 0 atom stereocenters. The van der Waals surface area contributed by atoms with Gasteiger partial charge in [0.1, 0.15) is 11.4 Å². The molecule has 0 fully saturated rings. The van der Waals surface area contributed by atoms with E-state index < -0.39 is 0 Å². The van der Waals surface area contributed by atoms with Gasteiger partial charge in [-0.15, -0.1) is 0 Å². The summed E-state index contributed by atoms with van der Waals surface area (Å²) in [7, 11) is 0. The van der Waals surface area contributed by atoms with Crippen molar-refractivity contribution in [3.05, 3.63) is 17.1 Å². The fourth-order valence-corrected chi connectivity index (χ4v) is 3.44. The minimum atomic E-state index is -0.384. The third-order valence-corrected chi connectivity index (χ3v) is 4.55. The first-order valence-corrected chi connectivity index (χ1v) is 7.69. The molecule has 0 aliphatic carbocycles. The lowest BCUT2D eigenvalue weighted by molar-refractivity contribution is -0.0571. The Morgan fingerprint density at radius 2 is 1.94 bits per heavy atom. The number of rotatable bonds is 5. The van der Waals surface area contributed by atoms with E-state index in [2.05, 4.69) is 18.8 Å². The highest BCUT2D eigenvalue weighted by atomic mass is 32.2. The predicted molar refractivity (Wildman–Crippen MR) is 75.3 cm³/mol. The van der Waals surface area contributed by atoms with Crippen LogP contribution in [0.5, 0.6) is 0 Å². The zero-order valence-electron chi connectivity index (χ0n) is 11.3. The van der Waals surface area contributed by atoms with Crippen LogP contribution in [-0.4, -0.2) is 16.6 Å². The van der Waals surface area contributed by atoms with Crippen LogP contribution in [0.25, 0.3) is 0 Å². The first-order chi connectivity index (χ1) is 8.66. The van der Waals surface area contributed by atoms with Gasteiger partial charge in [-0.2, -0.15) is 11.8 Å². The van der Waals surface area contributed by atoms with Gasteiger partial charge in [0.25, 0.3) is 0 Å². The second-order valence-electron chi connectivity index (χ2n) is 4.48. The summed E-state index contributed by atoms with van der Waals surface area (Å²) in [4.78, 5) is 9.22. The van der Waals surface area contributed by atoms with E-state index in [1.165, 1.54) is 0 Å². The van der Waals surface area contributed by atoms with Gasteiger partial charge in [-0.25, -0.2) is 9.97 Å². The first kappa shape index (κ1) is 13.6. The lowest BCUT2D eigenvalue weighted by Gasteiger charge is -2.30. The van der Waals surface area contributed by atoms with Crippen molar-refractivity contribution in [1.29, 1.82) is 0 Å². The van der Waals surface area contributed by atoms with Crippen molar-refractivity contribution in [2.24, 2.45) is 0 Å². The molecule has 18 heavy (non-hydrogen) atoms. The van der Waals surface area contributed by atoms with Gasteiger partial charge in [0.2, 0.25) is 0 Å². The molecule has 2 N–H and O–H groups in total. The number of hydrogen-bond acceptors (Lipinski definition) is 5. The number of thioether (sulfide) groups is 1. The molecule has 0 unspecified atom stereocenters. The van der Waals surface area contributed by atoms with Gasteiger partial charge in [-0.05, 0) is 19.8 Å². The molecule has 0 bridgehead atoms. The monoisotopic (exact) mass is 267 g/mol. The largest absolute Gasteiger partial charge is 0.383 e. The van der Waals surface area contributed by atoms with Crippen LogP contribution < -0.4 is 5.73 Å². The van der Waals surface area contributed by atoms with Crippen LogP contribution in [0.15, 0.2) is 0 Å². The number of nitrogen functional groups attached to an aromatic ring is 1. The number of hydrogen-bond donors (Lipinski definition) is 1. The van der Waals surface area contributed by atoms with Crippen molar-refractivity contribution in [2.45, 2.75) is 50.7 Å². The molecule has 2 heterocycles. The smallest absolute Gasteiger partial charge is 0.162 e. The molecule has 5 heteroatoms. The van der Waals surface area contributed by atoms with E-state index in [9.17, 15) is 0 Å². The molecule has 100 valence electrons. The second kappa shape index (κ2) is 5.45. The van der Waals surface area contributed by atoms with Crippen molar-refractivity contribution in [3.8, 4) is 0 Å². The topological polar surface area (TPSA) is 61.0 Å². The van der Waals surface area contributed by atoms with Gasteiger partial charge in [-0.1, -0.05) is 13.8 Å². The predicted octanol–water partition coefficient (Wildman–Crippen LogP) is 2.86. The lowest BCUT2D eigenvalue weighted by atomic mass is 9.95. The van der Waals surface area contributed by atoms with E-state index in [0.29, 0.717) is 12.4 Å². The van der Waals surface area contributed by atoms with Gasteiger partial charge in [-0.3, -0.25) is 0 Å². The molecule has 1 aliphatic heterocycles. The maximum atomic E-state index is 6.05. The van der Waals surface area contributed by atoms with Gasteiger partial charge >= 0.3 is 0 Å². The van der Waals surface area contributed by atoms with Gasteiger partial charge in [0, 0.05) is 23.7 Å². The molecule has 0 amide bonds. The van der Waals surface area contributed by atoms with Crippen molar-refractivity contribution < 1.29 is 4.74 Å². The number of anilines is 1. The third-order valence-electron chi connectivity index (χ3n) is 3.58. The van der Waals surface area contributed by atoms with E-state index in [0.717, 1.165) is 41.4 Å². The quantitative estimate of drug-likeness (QED) is 0.889. The molecule has 1 aromatic heterocycles. The normalized spacial score (nSPS) is 14.8. The minimum Gasteiger partial charge on any atom is -0.383 e. The highest BCUT2D eigenvalue weighted by Gasteiger charge is 2.34. The maximum Gasteiger partial charge on any atom is 0.162 e.